The van der Waals surface area contributed by atoms with Gasteiger partial charge in [-0.25, -0.2) is 8.42 Å². The van der Waals surface area contributed by atoms with Crippen LogP contribution in [0.4, 0.5) is 0 Å². The summed E-state index contributed by atoms with van der Waals surface area (Å²) in [7, 11) is -1.60. The fourth-order valence-electron chi connectivity index (χ4n) is 2.24. The number of halogens is 1. The van der Waals surface area contributed by atoms with Crippen molar-refractivity contribution < 1.29 is 8.42 Å². The maximum Gasteiger partial charge on any atom is 0.191 e. The van der Waals surface area contributed by atoms with Gasteiger partial charge in [-0.1, -0.05) is 48.5 Å². The van der Waals surface area contributed by atoms with Crippen LogP contribution in [-0.2, 0) is 16.3 Å². The van der Waals surface area contributed by atoms with E-state index in [0.717, 1.165) is 13.0 Å². The molecular formula is C18H24IN3O2S. The number of hydrogen-bond donors (Lipinski definition) is 2. The zero-order chi connectivity index (χ0) is 17.3. The fraction of sp³-hybridized carbons (Fsp3) is 0.278. The second-order valence-electron chi connectivity index (χ2n) is 5.29. The van der Waals surface area contributed by atoms with Crippen LogP contribution in [0.15, 0.2) is 70.6 Å². The van der Waals surface area contributed by atoms with Crippen molar-refractivity contribution in [3.63, 3.8) is 0 Å². The van der Waals surface area contributed by atoms with E-state index in [1.165, 1.54) is 5.56 Å². The molecule has 0 spiro atoms. The van der Waals surface area contributed by atoms with E-state index >= 15 is 0 Å². The van der Waals surface area contributed by atoms with Gasteiger partial charge in [-0.05, 0) is 24.1 Å². The summed E-state index contributed by atoms with van der Waals surface area (Å²) >= 11 is 0. The minimum absolute atomic E-state index is 0. The average Bonchev–Trinajstić information content (AvgIpc) is 2.62. The fourth-order valence-corrected chi connectivity index (χ4v) is 3.42. The summed E-state index contributed by atoms with van der Waals surface area (Å²) < 4.78 is 24.4. The van der Waals surface area contributed by atoms with Gasteiger partial charge in [-0.3, -0.25) is 4.99 Å². The summed E-state index contributed by atoms with van der Waals surface area (Å²) in [6.07, 6.45) is 0.879. The van der Waals surface area contributed by atoms with Crippen molar-refractivity contribution in [3.05, 3.63) is 66.2 Å². The third-order valence-corrected chi connectivity index (χ3v) is 5.27. The van der Waals surface area contributed by atoms with E-state index in [0.29, 0.717) is 17.4 Å². The third kappa shape index (κ3) is 7.43. The Morgan fingerprint density at radius 3 is 2.08 bits per heavy atom. The van der Waals surface area contributed by atoms with Crippen molar-refractivity contribution >= 4 is 39.8 Å². The SMILES string of the molecule is CN=C(NCCc1ccccc1)NCCS(=O)(=O)c1ccccc1.I. The van der Waals surface area contributed by atoms with Gasteiger partial charge in [0.05, 0.1) is 10.6 Å². The van der Waals surface area contributed by atoms with Crippen molar-refractivity contribution in [2.45, 2.75) is 11.3 Å². The highest BCUT2D eigenvalue weighted by atomic mass is 127. The smallest absolute Gasteiger partial charge is 0.191 e. The Bertz CT molecular complexity index is 750. The Kier molecular flexibility index (Phi) is 9.51. The number of aliphatic imine (C=N–C) groups is 1. The van der Waals surface area contributed by atoms with E-state index < -0.39 is 9.84 Å². The Morgan fingerprint density at radius 2 is 1.48 bits per heavy atom. The van der Waals surface area contributed by atoms with E-state index in [1.54, 1.807) is 37.4 Å². The number of rotatable bonds is 7. The molecule has 136 valence electrons. The molecule has 0 fully saturated rings. The molecule has 2 aromatic rings. The van der Waals surface area contributed by atoms with Crippen molar-refractivity contribution in [2.75, 3.05) is 25.9 Å². The molecule has 0 amide bonds. The third-order valence-electron chi connectivity index (χ3n) is 3.54. The number of nitrogens with zero attached hydrogens (tertiary/aromatic N) is 1. The van der Waals surface area contributed by atoms with Crippen LogP contribution in [0.5, 0.6) is 0 Å². The number of hydrogen-bond acceptors (Lipinski definition) is 3. The molecule has 0 saturated carbocycles. The molecule has 2 rings (SSSR count). The first-order valence-electron chi connectivity index (χ1n) is 7.88. The lowest BCUT2D eigenvalue weighted by Crippen LogP contribution is -2.40. The standard InChI is InChI=1S/C18H23N3O2S.HI/c1-19-18(20-13-12-16-8-4-2-5-9-16)21-14-15-24(22,23)17-10-6-3-7-11-17;/h2-11H,12-15H2,1H3,(H2,19,20,21);1H. The summed E-state index contributed by atoms with van der Waals surface area (Å²) in [4.78, 5) is 4.46. The largest absolute Gasteiger partial charge is 0.356 e. The summed E-state index contributed by atoms with van der Waals surface area (Å²) in [6.45, 7) is 1.04. The normalized spacial score (nSPS) is 11.5. The molecule has 2 N–H and O–H groups in total. The minimum atomic E-state index is -3.27. The monoisotopic (exact) mass is 473 g/mol. The van der Waals surface area contributed by atoms with Gasteiger partial charge in [-0.15, -0.1) is 24.0 Å². The van der Waals surface area contributed by atoms with Crippen LogP contribution in [0, 0.1) is 0 Å². The average molecular weight is 473 g/mol. The van der Waals surface area contributed by atoms with E-state index in [9.17, 15) is 8.42 Å². The van der Waals surface area contributed by atoms with Gasteiger partial charge >= 0.3 is 0 Å². The summed E-state index contributed by atoms with van der Waals surface area (Å²) in [5, 5.41) is 6.23. The molecule has 0 heterocycles. The molecule has 0 aliphatic rings. The van der Waals surface area contributed by atoms with Gasteiger partial charge in [0.2, 0.25) is 0 Å². The van der Waals surface area contributed by atoms with Crippen LogP contribution < -0.4 is 10.6 Å². The van der Waals surface area contributed by atoms with Crippen molar-refractivity contribution in [2.24, 2.45) is 4.99 Å². The van der Waals surface area contributed by atoms with Gasteiger partial charge in [0.1, 0.15) is 0 Å². The molecule has 0 atom stereocenters. The predicted octanol–water partition coefficient (Wildman–Crippen LogP) is 2.49. The molecule has 0 bridgehead atoms. The van der Waals surface area contributed by atoms with Crippen molar-refractivity contribution in [1.82, 2.24) is 10.6 Å². The van der Waals surface area contributed by atoms with Crippen LogP contribution >= 0.6 is 24.0 Å². The topological polar surface area (TPSA) is 70.6 Å². The first-order chi connectivity index (χ1) is 11.6. The quantitative estimate of drug-likeness (QED) is 0.369. The Labute approximate surface area is 166 Å². The molecule has 0 radical (unpaired) electrons. The van der Waals surface area contributed by atoms with Crippen LogP contribution in [0.2, 0.25) is 0 Å². The molecule has 2 aromatic carbocycles. The lowest BCUT2D eigenvalue weighted by molar-refractivity contribution is 0.594. The molecule has 5 nitrogen and oxygen atoms in total. The summed E-state index contributed by atoms with van der Waals surface area (Å²) in [6, 6.07) is 18.6. The Hall–Kier alpha value is -1.61. The van der Waals surface area contributed by atoms with Gasteiger partial charge in [0.25, 0.3) is 0 Å². The number of benzene rings is 2. The van der Waals surface area contributed by atoms with Gasteiger partial charge in [0.15, 0.2) is 15.8 Å². The molecule has 0 aliphatic heterocycles. The second-order valence-corrected chi connectivity index (χ2v) is 7.40. The zero-order valence-electron chi connectivity index (χ0n) is 14.2. The Morgan fingerprint density at radius 1 is 0.920 bits per heavy atom. The highest BCUT2D eigenvalue weighted by Crippen LogP contribution is 2.09. The first-order valence-corrected chi connectivity index (χ1v) is 9.53. The minimum Gasteiger partial charge on any atom is -0.356 e. The van der Waals surface area contributed by atoms with Gasteiger partial charge in [0, 0.05) is 20.1 Å². The van der Waals surface area contributed by atoms with Crippen molar-refractivity contribution in [3.8, 4) is 0 Å². The Balaban J connectivity index is 0.00000312. The highest BCUT2D eigenvalue weighted by Gasteiger charge is 2.13. The second kappa shape index (κ2) is 11.1. The molecule has 7 heteroatoms. The number of guanidine groups is 1. The molecule has 25 heavy (non-hydrogen) atoms. The first kappa shape index (κ1) is 21.4. The highest BCUT2D eigenvalue weighted by molar-refractivity contribution is 14.0. The summed E-state index contributed by atoms with van der Waals surface area (Å²) in [5.74, 6) is 0.630. The van der Waals surface area contributed by atoms with E-state index in [4.69, 9.17) is 0 Å². The van der Waals surface area contributed by atoms with Gasteiger partial charge < -0.3 is 10.6 Å². The van der Waals surface area contributed by atoms with Crippen molar-refractivity contribution in [1.29, 1.82) is 0 Å². The van der Waals surface area contributed by atoms with E-state index in [2.05, 4.69) is 27.8 Å². The molecular weight excluding hydrogens is 449 g/mol. The maximum atomic E-state index is 12.2. The zero-order valence-corrected chi connectivity index (χ0v) is 17.3. The lowest BCUT2D eigenvalue weighted by Gasteiger charge is -2.12. The van der Waals surface area contributed by atoms with Gasteiger partial charge in [-0.2, -0.15) is 0 Å². The van der Waals surface area contributed by atoms with E-state index in [1.807, 2.05) is 18.2 Å². The molecule has 0 aromatic heterocycles. The van der Waals surface area contributed by atoms with Crippen LogP contribution in [0.3, 0.4) is 0 Å². The molecule has 0 saturated heterocycles. The predicted molar refractivity (Wildman–Crippen MR) is 113 cm³/mol. The molecule has 0 aliphatic carbocycles. The van der Waals surface area contributed by atoms with Crippen LogP contribution in [-0.4, -0.2) is 40.3 Å². The van der Waals surface area contributed by atoms with E-state index in [-0.39, 0.29) is 29.7 Å². The number of nitrogens with one attached hydrogen (secondary N) is 2. The number of sulfone groups is 1. The maximum absolute atomic E-state index is 12.2. The lowest BCUT2D eigenvalue weighted by atomic mass is 10.1. The van der Waals surface area contributed by atoms with Crippen LogP contribution in [0.1, 0.15) is 5.56 Å². The summed E-state index contributed by atoms with van der Waals surface area (Å²) in [5.41, 5.74) is 1.24. The molecule has 0 unspecified atom stereocenters. The van der Waals surface area contributed by atoms with Crippen LogP contribution in [0.25, 0.3) is 0 Å².